The first-order valence-corrected chi connectivity index (χ1v) is 6.52. The number of ether oxygens (including phenoxy) is 1. The lowest BCUT2D eigenvalue weighted by Crippen LogP contribution is -2.28. The lowest BCUT2D eigenvalue weighted by atomic mass is 9.93. The zero-order valence-corrected chi connectivity index (χ0v) is 10.2. The Kier molecular flexibility index (Phi) is 3.05. The second kappa shape index (κ2) is 4.84. The van der Waals surface area contributed by atoms with Crippen LogP contribution in [-0.4, -0.2) is 12.2 Å². The first-order chi connectivity index (χ1) is 8.81. The van der Waals surface area contributed by atoms with Crippen molar-refractivity contribution in [1.29, 1.82) is 0 Å². The van der Waals surface area contributed by atoms with Gasteiger partial charge in [-0.2, -0.15) is 0 Å². The van der Waals surface area contributed by atoms with Crippen molar-refractivity contribution in [3.63, 3.8) is 0 Å². The maximum absolute atomic E-state index is 11.8. The molecule has 2 bridgehead atoms. The van der Waals surface area contributed by atoms with E-state index in [1.165, 1.54) is 19.3 Å². The minimum atomic E-state index is -0.360. The van der Waals surface area contributed by atoms with Crippen LogP contribution in [0.25, 0.3) is 0 Å². The number of hydrogen-bond acceptors (Lipinski definition) is 2. The molecule has 1 aromatic rings. The molecule has 1 saturated carbocycles. The van der Waals surface area contributed by atoms with E-state index in [-0.39, 0.29) is 12.2 Å². The number of allylic oxidation sites excluding steroid dienone is 1. The molecule has 0 spiro atoms. The Bertz CT molecular complexity index is 455. The van der Waals surface area contributed by atoms with E-state index in [1.807, 2.05) is 30.3 Å². The predicted molar refractivity (Wildman–Crippen MR) is 70.3 cm³/mol. The van der Waals surface area contributed by atoms with Crippen molar-refractivity contribution in [2.45, 2.75) is 25.4 Å². The van der Waals surface area contributed by atoms with Crippen LogP contribution in [0.3, 0.4) is 0 Å². The molecule has 0 aromatic heterocycles. The second-order valence-corrected chi connectivity index (χ2v) is 5.08. The molecule has 1 fully saturated rings. The van der Waals surface area contributed by atoms with Crippen molar-refractivity contribution >= 4 is 11.8 Å². The third kappa shape index (κ3) is 2.40. The van der Waals surface area contributed by atoms with Crippen LogP contribution < -0.4 is 5.32 Å². The molecular formula is C15H17NO2. The van der Waals surface area contributed by atoms with Crippen LogP contribution in [0.15, 0.2) is 42.5 Å². The number of hydrogen-bond donors (Lipinski definition) is 1. The number of rotatable bonds is 2. The Balaban J connectivity index is 1.58. The summed E-state index contributed by atoms with van der Waals surface area (Å²) >= 11 is 0. The molecule has 3 rings (SSSR count). The van der Waals surface area contributed by atoms with Gasteiger partial charge in [-0.3, -0.25) is 5.32 Å². The highest BCUT2D eigenvalue weighted by Crippen LogP contribution is 2.39. The highest BCUT2D eigenvalue weighted by Gasteiger charge is 2.34. The minimum absolute atomic E-state index is 0.0486. The zero-order chi connectivity index (χ0) is 12.4. The van der Waals surface area contributed by atoms with E-state index in [4.69, 9.17) is 4.74 Å². The molecule has 94 valence electrons. The van der Waals surface area contributed by atoms with Crippen LogP contribution in [-0.2, 0) is 4.74 Å². The second-order valence-electron chi connectivity index (χ2n) is 5.08. The molecule has 3 heteroatoms. The van der Waals surface area contributed by atoms with Gasteiger partial charge in [0, 0.05) is 11.6 Å². The Morgan fingerprint density at radius 3 is 2.83 bits per heavy atom. The van der Waals surface area contributed by atoms with Crippen LogP contribution in [0.1, 0.15) is 19.3 Å². The van der Waals surface area contributed by atoms with Gasteiger partial charge in [-0.05, 0) is 43.4 Å². The fourth-order valence-corrected chi connectivity index (χ4v) is 2.88. The van der Waals surface area contributed by atoms with Crippen molar-refractivity contribution in [1.82, 2.24) is 0 Å². The van der Waals surface area contributed by atoms with Gasteiger partial charge in [-0.25, -0.2) is 4.79 Å². The molecule has 18 heavy (non-hydrogen) atoms. The molecule has 2 aliphatic rings. The summed E-state index contributed by atoms with van der Waals surface area (Å²) in [6, 6.07) is 9.39. The van der Waals surface area contributed by atoms with Gasteiger partial charge in [0.1, 0.15) is 6.10 Å². The molecule has 1 amide bonds. The number of nitrogens with one attached hydrogen (secondary N) is 1. The van der Waals surface area contributed by atoms with Gasteiger partial charge in [0.25, 0.3) is 0 Å². The van der Waals surface area contributed by atoms with Crippen molar-refractivity contribution in [3.8, 4) is 0 Å². The molecular weight excluding hydrogens is 226 g/mol. The number of carbonyl (C=O) groups is 1. The Morgan fingerprint density at radius 2 is 2.00 bits per heavy atom. The maximum Gasteiger partial charge on any atom is 0.412 e. The van der Waals surface area contributed by atoms with Gasteiger partial charge in [0.2, 0.25) is 0 Å². The zero-order valence-electron chi connectivity index (χ0n) is 10.2. The highest BCUT2D eigenvalue weighted by molar-refractivity contribution is 5.84. The van der Waals surface area contributed by atoms with Gasteiger partial charge in [-0.1, -0.05) is 24.3 Å². The molecule has 0 aliphatic heterocycles. The fourth-order valence-electron chi connectivity index (χ4n) is 2.88. The topological polar surface area (TPSA) is 38.3 Å². The lowest BCUT2D eigenvalue weighted by molar-refractivity contribution is 0.0985. The summed E-state index contributed by atoms with van der Waals surface area (Å²) in [5.41, 5.74) is 0.770. The summed E-state index contributed by atoms with van der Waals surface area (Å²) in [4.78, 5) is 11.8. The van der Waals surface area contributed by atoms with Crippen LogP contribution in [0, 0.1) is 11.8 Å². The average molecular weight is 243 g/mol. The summed E-state index contributed by atoms with van der Waals surface area (Å²) < 4.78 is 5.49. The van der Waals surface area contributed by atoms with Gasteiger partial charge < -0.3 is 4.74 Å². The number of carbonyl (C=O) groups excluding carboxylic acids is 1. The Labute approximate surface area is 107 Å². The van der Waals surface area contributed by atoms with E-state index in [0.29, 0.717) is 11.8 Å². The van der Waals surface area contributed by atoms with Crippen molar-refractivity contribution in [2.24, 2.45) is 11.8 Å². The minimum Gasteiger partial charge on any atom is -0.441 e. The van der Waals surface area contributed by atoms with E-state index in [9.17, 15) is 4.79 Å². The predicted octanol–water partition coefficient (Wildman–Crippen LogP) is 3.59. The third-order valence-electron chi connectivity index (χ3n) is 3.81. The van der Waals surface area contributed by atoms with Gasteiger partial charge in [0.05, 0.1) is 0 Å². The average Bonchev–Trinajstić information content (AvgIpc) is 2.77. The number of para-hydroxylation sites is 1. The lowest BCUT2D eigenvalue weighted by Gasteiger charge is -2.23. The van der Waals surface area contributed by atoms with Crippen LogP contribution >= 0.6 is 0 Å². The summed E-state index contributed by atoms with van der Waals surface area (Å²) in [6.45, 7) is 0. The van der Waals surface area contributed by atoms with Crippen molar-refractivity contribution < 1.29 is 9.53 Å². The quantitative estimate of drug-likeness (QED) is 0.806. The first kappa shape index (κ1) is 11.3. The van der Waals surface area contributed by atoms with Crippen molar-refractivity contribution in [2.75, 3.05) is 5.32 Å². The van der Waals surface area contributed by atoms with Crippen LogP contribution in [0.5, 0.6) is 0 Å². The normalized spacial score (nSPS) is 29.0. The highest BCUT2D eigenvalue weighted by atomic mass is 16.6. The number of anilines is 1. The Morgan fingerprint density at radius 1 is 1.17 bits per heavy atom. The summed E-state index contributed by atoms with van der Waals surface area (Å²) in [5.74, 6) is 1.23. The summed E-state index contributed by atoms with van der Waals surface area (Å²) in [6.07, 6.45) is 7.41. The molecule has 3 nitrogen and oxygen atoms in total. The molecule has 0 saturated heterocycles. The van der Waals surface area contributed by atoms with Crippen molar-refractivity contribution in [3.05, 3.63) is 42.5 Å². The van der Waals surface area contributed by atoms with Crippen LogP contribution in [0.4, 0.5) is 10.5 Å². The summed E-state index contributed by atoms with van der Waals surface area (Å²) in [7, 11) is 0. The molecule has 0 radical (unpaired) electrons. The largest absolute Gasteiger partial charge is 0.441 e. The SMILES string of the molecule is O=C(Nc1ccccc1)O[C@@H]1C=C[C@H]2CC[C@@H]1C2. The third-order valence-corrected chi connectivity index (χ3v) is 3.81. The molecule has 3 atom stereocenters. The van der Waals surface area contributed by atoms with E-state index < -0.39 is 0 Å². The van der Waals surface area contributed by atoms with Gasteiger partial charge in [-0.15, -0.1) is 0 Å². The maximum atomic E-state index is 11.8. The molecule has 1 N–H and O–H groups in total. The van der Waals surface area contributed by atoms with E-state index in [1.54, 1.807) is 0 Å². The smallest absolute Gasteiger partial charge is 0.412 e. The Hall–Kier alpha value is -1.77. The fraction of sp³-hybridized carbons (Fsp3) is 0.400. The van der Waals surface area contributed by atoms with E-state index in [2.05, 4.69) is 17.5 Å². The molecule has 1 aromatic carbocycles. The molecule has 2 aliphatic carbocycles. The standard InChI is InChI=1S/C15H17NO2/c17-15(16-13-4-2-1-3-5-13)18-14-9-7-11-6-8-12(14)10-11/h1-5,7,9,11-12,14H,6,8,10H2,(H,16,17)/t11-,12-,14-/m1/s1. The molecule has 0 heterocycles. The van der Waals surface area contributed by atoms with Crippen LogP contribution in [0.2, 0.25) is 0 Å². The number of benzene rings is 1. The van der Waals surface area contributed by atoms with E-state index in [0.717, 1.165) is 5.69 Å². The number of fused-ring (bicyclic) bond motifs is 2. The molecule has 0 unspecified atom stereocenters. The van der Waals surface area contributed by atoms with Gasteiger partial charge in [0.15, 0.2) is 0 Å². The first-order valence-electron chi connectivity index (χ1n) is 6.52. The summed E-state index contributed by atoms with van der Waals surface area (Å²) in [5, 5.41) is 2.75. The number of amides is 1. The van der Waals surface area contributed by atoms with Gasteiger partial charge >= 0.3 is 6.09 Å². The van der Waals surface area contributed by atoms with E-state index >= 15 is 0 Å². The monoisotopic (exact) mass is 243 g/mol.